The molecule has 0 aliphatic carbocycles. The van der Waals surface area contributed by atoms with E-state index in [0.717, 1.165) is 0 Å². The topological polar surface area (TPSA) is 51.2 Å². The summed E-state index contributed by atoms with van der Waals surface area (Å²) in [6.45, 7) is 5.00. The van der Waals surface area contributed by atoms with Gasteiger partial charge >= 0.3 is 0 Å². The van der Waals surface area contributed by atoms with Crippen LogP contribution in [0.25, 0.3) is 0 Å². The van der Waals surface area contributed by atoms with Crippen molar-refractivity contribution in [3.8, 4) is 0 Å². The van der Waals surface area contributed by atoms with Gasteiger partial charge in [-0.3, -0.25) is 4.79 Å². The molecule has 0 aliphatic rings. The fourth-order valence-corrected chi connectivity index (χ4v) is 1.39. The average molecular weight is 287 g/mol. The van der Waals surface area contributed by atoms with E-state index in [0.29, 0.717) is 23.4 Å². The summed E-state index contributed by atoms with van der Waals surface area (Å²) in [5.41, 5.74) is 0.548. The summed E-state index contributed by atoms with van der Waals surface area (Å²) in [6.07, 6.45) is 1.53. The Morgan fingerprint density at radius 3 is 2.94 bits per heavy atom. The van der Waals surface area contributed by atoms with E-state index in [-0.39, 0.29) is 11.9 Å². The van der Waals surface area contributed by atoms with Crippen molar-refractivity contribution in [2.75, 3.05) is 13.2 Å². The van der Waals surface area contributed by atoms with E-state index in [1.54, 1.807) is 12.1 Å². The van der Waals surface area contributed by atoms with Crippen molar-refractivity contribution in [1.82, 2.24) is 10.3 Å². The van der Waals surface area contributed by atoms with Crippen LogP contribution < -0.4 is 5.32 Å². The van der Waals surface area contributed by atoms with Gasteiger partial charge in [-0.2, -0.15) is 0 Å². The van der Waals surface area contributed by atoms with Crippen molar-refractivity contribution in [3.05, 3.63) is 28.5 Å². The fraction of sp³-hybridized carbons (Fsp3) is 0.455. The molecule has 0 fully saturated rings. The molecule has 1 aromatic heterocycles. The largest absolute Gasteiger partial charge is 0.380 e. The molecule has 0 radical (unpaired) electrons. The van der Waals surface area contributed by atoms with Gasteiger partial charge in [0.25, 0.3) is 5.91 Å². The molecule has 1 N–H and O–H groups in total. The van der Waals surface area contributed by atoms with Gasteiger partial charge in [0.15, 0.2) is 0 Å². The minimum atomic E-state index is -0.132. The Morgan fingerprint density at radius 2 is 2.38 bits per heavy atom. The van der Waals surface area contributed by atoms with Crippen molar-refractivity contribution >= 4 is 21.8 Å². The molecule has 5 heteroatoms. The zero-order valence-corrected chi connectivity index (χ0v) is 11.0. The molecule has 1 rings (SSSR count). The molecule has 0 aliphatic heterocycles. The maximum atomic E-state index is 11.7. The predicted octanol–water partition coefficient (Wildman–Crippen LogP) is 2.00. The Bertz CT molecular complexity index is 340. The van der Waals surface area contributed by atoms with Gasteiger partial charge in [-0.15, -0.1) is 0 Å². The third-order valence-corrected chi connectivity index (χ3v) is 2.41. The van der Waals surface area contributed by atoms with Crippen molar-refractivity contribution < 1.29 is 9.53 Å². The number of carbonyl (C=O) groups excluding carboxylic acids is 1. The van der Waals surface area contributed by atoms with Gasteiger partial charge in [-0.05, 0) is 41.9 Å². The highest BCUT2D eigenvalue weighted by Crippen LogP contribution is 2.06. The first-order valence-corrected chi connectivity index (χ1v) is 5.93. The first-order chi connectivity index (χ1) is 7.63. The van der Waals surface area contributed by atoms with Crippen LogP contribution in [-0.4, -0.2) is 30.1 Å². The van der Waals surface area contributed by atoms with Crippen LogP contribution in [0.5, 0.6) is 0 Å². The molecular formula is C11H15BrN2O2. The third-order valence-electron chi connectivity index (χ3n) is 1.94. The normalized spacial score (nSPS) is 12.2. The lowest BCUT2D eigenvalue weighted by Gasteiger charge is -2.13. The summed E-state index contributed by atoms with van der Waals surface area (Å²) in [7, 11) is 0. The van der Waals surface area contributed by atoms with E-state index in [1.165, 1.54) is 6.20 Å². The Morgan fingerprint density at radius 1 is 1.62 bits per heavy atom. The van der Waals surface area contributed by atoms with E-state index in [2.05, 4.69) is 26.2 Å². The van der Waals surface area contributed by atoms with Gasteiger partial charge in [0.05, 0.1) is 12.2 Å². The van der Waals surface area contributed by atoms with Gasteiger partial charge in [-0.1, -0.05) is 0 Å². The maximum absolute atomic E-state index is 11.7. The summed E-state index contributed by atoms with van der Waals surface area (Å²) in [5, 5.41) is 2.83. The second-order valence-electron chi connectivity index (χ2n) is 3.40. The van der Waals surface area contributed by atoms with Crippen LogP contribution >= 0.6 is 15.9 Å². The highest BCUT2D eigenvalue weighted by atomic mass is 79.9. The number of ether oxygens (including phenoxy) is 1. The average Bonchev–Trinajstić information content (AvgIpc) is 2.27. The first-order valence-electron chi connectivity index (χ1n) is 5.13. The number of nitrogens with one attached hydrogen (secondary N) is 1. The molecule has 1 aromatic rings. The molecule has 0 saturated heterocycles. The summed E-state index contributed by atoms with van der Waals surface area (Å²) in [5.74, 6) is -0.132. The molecule has 0 aromatic carbocycles. The van der Waals surface area contributed by atoms with Crippen LogP contribution in [0.2, 0.25) is 0 Å². The van der Waals surface area contributed by atoms with E-state index in [1.807, 2.05) is 13.8 Å². The number of hydrogen-bond donors (Lipinski definition) is 1. The minimum absolute atomic E-state index is 0.00361. The molecule has 1 unspecified atom stereocenters. The molecule has 0 saturated carbocycles. The highest BCUT2D eigenvalue weighted by Gasteiger charge is 2.09. The van der Waals surface area contributed by atoms with Crippen molar-refractivity contribution in [3.63, 3.8) is 0 Å². The zero-order chi connectivity index (χ0) is 12.0. The van der Waals surface area contributed by atoms with Crippen LogP contribution in [0, 0.1) is 0 Å². The van der Waals surface area contributed by atoms with Gasteiger partial charge in [0.2, 0.25) is 0 Å². The van der Waals surface area contributed by atoms with Gasteiger partial charge < -0.3 is 10.1 Å². The fourth-order valence-electron chi connectivity index (χ4n) is 1.15. The molecule has 1 heterocycles. The molecule has 16 heavy (non-hydrogen) atoms. The van der Waals surface area contributed by atoms with Crippen molar-refractivity contribution in [2.45, 2.75) is 19.9 Å². The minimum Gasteiger partial charge on any atom is -0.380 e. The lowest BCUT2D eigenvalue weighted by Crippen LogP contribution is -2.35. The summed E-state index contributed by atoms with van der Waals surface area (Å²) >= 11 is 3.22. The number of aromatic nitrogens is 1. The Hall–Kier alpha value is -0.940. The summed E-state index contributed by atoms with van der Waals surface area (Å²) in [4.78, 5) is 15.7. The lowest BCUT2D eigenvalue weighted by molar-refractivity contribution is 0.0871. The molecule has 88 valence electrons. The smallest absolute Gasteiger partial charge is 0.253 e. The van der Waals surface area contributed by atoms with Crippen LogP contribution in [0.1, 0.15) is 24.2 Å². The van der Waals surface area contributed by atoms with E-state index >= 15 is 0 Å². The number of carbonyl (C=O) groups is 1. The zero-order valence-electron chi connectivity index (χ0n) is 9.37. The standard InChI is InChI=1S/C11H15BrN2O2/c1-3-16-7-8(2)14-11(15)9-4-5-10(12)13-6-9/h4-6,8H,3,7H2,1-2H3,(H,14,15). The molecule has 1 atom stereocenters. The molecule has 4 nitrogen and oxygen atoms in total. The van der Waals surface area contributed by atoms with E-state index in [4.69, 9.17) is 4.74 Å². The van der Waals surface area contributed by atoms with Gasteiger partial charge in [-0.25, -0.2) is 4.98 Å². The number of hydrogen-bond acceptors (Lipinski definition) is 3. The molecule has 1 amide bonds. The second-order valence-corrected chi connectivity index (χ2v) is 4.22. The lowest BCUT2D eigenvalue weighted by atomic mass is 10.2. The van der Waals surface area contributed by atoms with Crippen LogP contribution in [0.3, 0.4) is 0 Å². The monoisotopic (exact) mass is 286 g/mol. The first kappa shape index (κ1) is 13.1. The summed E-state index contributed by atoms with van der Waals surface area (Å²) < 4.78 is 5.93. The Balaban J connectivity index is 2.48. The van der Waals surface area contributed by atoms with Crippen molar-refractivity contribution in [1.29, 1.82) is 0 Å². The number of amides is 1. The van der Waals surface area contributed by atoms with Crippen molar-refractivity contribution in [2.24, 2.45) is 0 Å². The quantitative estimate of drug-likeness (QED) is 0.843. The maximum Gasteiger partial charge on any atom is 0.253 e. The van der Waals surface area contributed by atoms with Gasteiger partial charge in [0, 0.05) is 18.8 Å². The summed E-state index contributed by atoms with van der Waals surface area (Å²) in [6, 6.07) is 3.46. The third kappa shape index (κ3) is 4.28. The molecular weight excluding hydrogens is 272 g/mol. The Kier molecular flexibility index (Phi) is 5.42. The van der Waals surface area contributed by atoms with Gasteiger partial charge in [0.1, 0.15) is 4.60 Å². The SMILES string of the molecule is CCOCC(C)NC(=O)c1ccc(Br)nc1. The number of halogens is 1. The molecule has 0 bridgehead atoms. The highest BCUT2D eigenvalue weighted by molar-refractivity contribution is 9.10. The van der Waals surface area contributed by atoms with E-state index < -0.39 is 0 Å². The molecule has 0 spiro atoms. The van der Waals surface area contributed by atoms with Crippen LogP contribution in [0.4, 0.5) is 0 Å². The van der Waals surface area contributed by atoms with Crippen LogP contribution in [0.15, 0.2) is 22.9 Å². The van der Waals surface area contributed by atoms with E-state index in [9.17, 15) is 4.79 Å². The number of pyridine rings is 1. The second kappa shape index (κ2) is 6.60. The van der Waals surface area contributed by atoms with Crippen LogP contribution in [-0.2, 0) is 4.74 Å². The number of nitrogens with zero attached hydrogens (tertiary/aromatic N) is 1. The predicted molar refractivity (Wildman–Crippen MR) is 65.4 cm³/mol. The Labute approximate surface area is 104 Å². The number of rotatable bonds is 5.